The minimum absolute atomic E-state index is 0.756. The highest BCUT2D eigenvalue weighted by Gasteiger charge is 2.18. The van der Waals surface area contributed by atoms with Gasteiger partial charge in [0.25, 0.3) is 0 Å². The van der Waals surface area contributed by atoms with Crippen LogP contribution in [-0.4, -0.2) is 9.88 Å². The first-order valence-electron chi connectivity index (χ1n) is 5.71. The molecule has 86 valence electrons. The van der Waals surface area contributed by atoms with Gasteiger partial charge in [-0.25, -0.2) is 0 Å². The number of pyridine rings is 1. The Morgan fingerprint density at radius 1 is 1.12 bits per heavy atom. The molecule has 0 spiro atoms. The first kappa shape index (κ1) is 10.8. The molecule has 2 heterocycles. The van der Waals surface area contributed by atoms with Crippen molar-refractivity contribution in [2.45, 2.75) is 19.6 Å². The standard InChI is InChI=1S/C14H13ClN2/c15-13-5-6-16-14(7-13)10-17-8-11-3-1-2-4-12(11)9-17/h1-7H,8-10H2. The van der Waals surface area contributed by atoms with Gasteiger partial charge in [0.05, 0.1) is 5.69 Å². The molecular weight excluding hydrogens is 232 g/mol. The Kier molecular flexibility index (Phi) is 2.83. The maximum absolute atomic E-state index is 5.96. The number of halogens is 1. The van der Waals surface area contributed by atoms with E-state index in [0.29, 0.717) is 0 Å². The van der Waals surface area contributed by atoms with Crippen LogP contribution < -0.4 is 0 Å². The molecular formula is C14H13ClN2. The van der Waals surface area contributed by atoms with Crippen molar-refractivity contribution in [3.63, 3.8) is 0 Å². The van der Waals surface area contributed by atoms with Crippen LogP contribution in [0.1, 0.15) is 16.8 Å². The van der Waals surface area contributed by atoms with Crippen LogP contribution in [-0.2, 0) is 19.6 Å². The molecule has 1 aliphatic rings. The van der Waals surface area contributed by atoms with Crippen LogP contribution in [0.4, 0.5) is 0 Å². The molecule has 0 aliphatic carbocycles. The maximum Gasteiger partial charge on any atom is 0.0559 e. The second-order valence-corrected chi connectivity index (χ2v) is 4.82. The zero-order chi connectivity index (χ0) is 11.7. The van der Waals surface area contributed by atoms with E-state index < -0.39 is 0 Å². The van der Waals surface area contributed by atoms with Gasteiger partial charge in [0.2, 0.25) is 0 Å². The van der Waals surface area contributed by atoms with Crippen molar-refractivity contribution in [1.82, 2.24) is 9.88 Å². The minimum atomic E-state index is 0.756. The van der Waals surface area contributed by atoms with Crippen molar-refractivity contribution in [3.8, 4) is 0 Å². The van der Waals surface area contributed by atoms with E-state index in [0.717, 1.165) is 30.4 Å². The number of benzene rings is 1. The van der Waals surface area contributed by atoms with E-state index >= 15 is 0 Å². The van der Waals surface area contributed by atoms with Crippen molar-refractivity contribution in [2.75, 3.05) is 0 Å². The second kappa shape index (κ2) is 4.47. The van der Waals surface area contributed by atoms with Gasteiger partial charge < -0.3 is 0 Å². The minimum Gasteiger partial charge on any atom is -0.289 e. The van der Waals surface area contributed by atoms with E-state index in [1.165, 1.54) is 11.1 Å². The molecule has 0 atom stereocenters. The first-order valence-corrected chi connectivity index (χ1v) is 6.08. The monoisotopic (exact) mass is 244 g/mol. The highest BCUT2D eigenvalue weighted by Crippen LogP contribution is 2.23. The summed E-state index contributed by atoms with van der Waals surface area (Å²) in [7, 11) is 0. The summed E-state index contributed by atoms with van der Waals surface area (Å²) < 4.78 is 0. The molecule has 0 saturated carbocycles. The Hall–Kier alpha value is -1.38. The molecule has 0 unspecified atom stereocenters. The van der Waals surface area contributed by atoms with Crippen molar-refractivity contribution < 1.29 is 0 Å². The molecule has 0 radical (unpaired) electrons. The molecule has 1 aromatic carbocycles. The number of aromatic nitrogens is 1. The molecule has 0 saturated heterocycles. The summed E-state index contributed by atoms with van der Waals surface area (Å²) in [6, 6.07) is 12.3. The fourth-order valence-electron chi connectivity index (χ4n) is 2.28. The summed E-state index contributed by atoms with van der Waals surface area (Å²) in [4.78, 5) is 6.72. The van der Waals surface area contributed by atoms with Crippen LogP contribution >= 0.6 is 11.6 Å². The summed E-state index contributed by atoms with van der Waals surface area (Å²) in [5.41, 5.74) is 3.88. The smallest absolute Gasteiger partial charge is 0.0559 e. The average molecular weight is 245 g/mol. The molecule has 1 aliphatic heterocycles. The van der Waals surface area contributed by atoms with Gasteiger partial charge in [0, 0.05) is 30.9 Å². The number of fused-ring (bicyclic) bond motifs is 1. The van der Waals surface area contributed by atoms with Gasteiger partial charge in [-0.2, -0.15) is 0 Å². The van der Waals surface area contributed by atoms with Crippen molar-refractivity contribution in [2.24, 2.45) is 0 Å². The molecule has 2 nitrogen and oxygen atoms in total. The van der Waals surface area contributed by atoms with Gasteiger partial charge in [0.15, 0.2) is 0 Å². The summed E-state index contributed by atoms with van der Waals surface area (Å²) in [5, 5.41) is 0.756. The average Bonchev–Trinajstić information content (AvgIpc) is 2.71. The van der Waals surface area contributed by atoms with Gasteiger partial charge in [0.1, 0.15) is 0 Å². The zero-order valence-electron chi connectivity index (χ0n) is 9.44. The first-order chi connectivity index (χ1) is 8.31. The molecule has 3 rings (SSSR count). The SMILES string of the molecule is Clc1ccnc(CN2Cc3ccccc3C2)c1. The molecule has 2 aromatic rings. The summed E-state index contributed by atoms with van der Waals surface area (Å²) in [5.74, 6) is 0. The normalized spacial score (nSPS) is 14.9. The lowest BCUT2D eigenvalue weighted by Crippen LogP contribution is -2.16. The third-order valence-electron chi connectivity index (χ3n) is 3.07. The Bertz CT molecular complexity index is 514. The number of hydrogen-bond donors (Lipinski definition) is 0. The van der Waals surface area contributed by atoms with E-state index in [2.05, 4.69) is 34.1 Å². The van der Waals surface area contributed by atoms with Crippen LogP contribution in [0.2, 0.25) is 5.02 Å². The Labute approximate surface area is 106 Å². The Morgan fingerprint density at radius 3 is 2.47 bits per heavy atom. The predicted molar refractivity (Wildman–Crippen MR) is 68.6 cm³/mol. The summed E-state index contributed by atoms with van der Waals surface area (Å²) in [6.45, 7) is 2.87. The number of rotatable bonds is 2. The zero-order valence-corrected chi connectivity index (χ0v) is 10.2. The summed E-state index contributed by atoms with van der Waals surface area (Å²) >= 11 is 5.96. The topological polar surface area (TPSA) is 16.1 Å². The van der Waals surface area contributed by atoms with Gasteiger partial charge in [-0.15, -0.1) is 0 Å². The molecule has 0 N–H and O–H groups in total. The van der Waals surface area contributed by atoms with Gasteiger partial charge in [-0.1, -0.05) is 35.9 Å². The molecule has 17 heavy (non-hydrogen) atoms. The van der Waals surface area contributed by atoms with Crippen LogP contribution in [0.15, 0.2) is 42.6 Å². The maximum atomic E-state index is 5.96. The Balaban J connectivity index is 1.74. The molecule has 0 fully saturated rings. The third kappa shape index (κ3) is 2.33. The van der Waals surface area contributed by atoms with E-state index in [4.69, 9.17) is 11.6 Å². The molecule has 0 amide bonds. The quantitative estimate of drug-likeness (QED) is 0.806. The lowest BCUT2D eigenvalue weighted by molar-refractivity contribution is 0.272. The van der Waals surface area contributed by atoms with E-state index in [1.54, 1.807) is 6.20 Å². The molecule has 1 aromatic heterocycles. The summed E-state index contributed by atoms with van der Waals surface area (Å²) in [6.07, 6.45) is 1.76. The fourth-order valence-corrected chi connectivity index (χ4v) is 2.46. The van der Waals surface area contributed by atoms with Crippen LogP contribution in [0, 0.1) is 0 Å². The van der Waals surface area contributed by atoms with Crippen molar-refractivity contribution >= 4 is 11.6 Å². The lowest BCUT2D eigenvalue weighted by atomic mass is 10.1. The van der Waals surface area contributed by atoms with Gasteiger partial charge in [-0.3, -0.25) is 9.88 Å². The second-order valence-electron chi connectivity index (χ2n) is 4.38. The number of hydrogen-bond acceptors (Lipinski definition) is 2. The van der Waals surface area contributed by atoms with Crippen molar-refractivity contribution in [3.05, 3.63) is 64.4 Å². The van der Waals surface area contributed by atoms with Crippen molar-refractivity contribution in [1.29, 1.82) is 0 Å². The third-order valence-corrected chi connectivity index (χ3v) is 3.31. The highest BCUT2D eigenvalue weighted by atomic mass is 35.5. The highest BCUT2D eigenvalue weighted by molar-refractivity contribution is 6.30. The Morgan fingerprint density at radius 2 is 1.82 bits per heavy atom. The lowest BCUT2D eigenvalue weighted by Gasteiger charge is -2.13. The van der Waals surface area contributed by atoms with E-state index in [-0.39, 0.29) is 0 Å². The van der Waals surface area contributed by atoms with Crippen LogP contribution in [0.25, 0.3) is 0 Å². The van der Waals surface area contributed by atoms with E-state index in [1.807, 2.05) is 12.1 Å². The predicted octanol–water partition coefficient (Wildman–Crippen LogP) is 3.25. The molecule has 3 heteroatoms. The van der Waals surface area contributed by atoms with E-state index in [9.17, 15) is 0 Å². The molecule has 0 bridgehead atoms. The number of nitrogens with zero attached hydrogens (tertiary/aromatic N) is 2. The van der Waals surface area contributed by atoms with Gasteiger partial charge in [-0.05, 0) is 23.3 Å². The van der Waals surface area contributed by atoms with Gasteiger partial charge >= 0.3 is 0 Å². The van der Waals surface area contributed by atoms with Crippen LogP contribution in [0.3, 0.4) is 0 Å². The fraction of sp³-hybridized carbons (Fsp3) is 0.214. The largest absolute Gasteiger partial charge is 0.289 e. The van der Waals surface area contributed by atoms with Crippen LogP contribution in [0.5, 0.6) is 0 Å².